The number of imide groups is 1. The van der Waals surface area contributed by atoms with E-state index in [0.717, 1.165) is 10.5 Å². The molecule has 9 heteroatoms. The highest BCUT2D eigenvalue weighted by molar-refractivity contribution is 6.31. The summed E-state index contributed by atoms with van der Waals surface area (Å²) in [6, 6.07) is 3.98. The zero-order valence-electron chi connectivity index (χ0n) is 14.0. The standard InChI is InChI=1S/C16H16ClN5O3/c1-9-4-5-10(17)6-11(9)19-12(23)7-22-8-18-14-13(22)15(24)21(3)16(25)20(14)2/h4-6,8,13H,7H2,1-3H3/p+1. The molecule has 0 aliphatic carbocycles. The second kappa shape index (κ2) is 6.29. The Labute approximate surface area is 149 Å². The fourth-order valence-corrected chi connectivity index (χ4v) is 2.93. The van der Waals surface area contributed by atoms with Crippen molar-refractivity contribution in [1.82, 2.24) is 9.80 Å². The van der Waals surface area contributed by atoms with Gasteiger partial charge in [0, 0.05) is 24.8 Å². The molecule has 2 aliphatic rings. The number of amides is 4. The summed E-state index contributed by atoms with van der Waals surface area (Å²) in [5.74, 6) is -0.407. The second-order valence-corrected chi connectivity index (χ2v) is 6.36. The van der Waals surface area contributed by atoms with Crippen molar-refractivity contribution >= 4 is 47.3 Å². The lowest BCUT2D eigenvalue weighted by Crippen LogP contribution is -2.61. The molecule has 1 fully saturated rings. The van der Waals surface area contributed by atoms with Crippen LogP contribution in [0.25, 0.3) is 0 Å². The Morgan fingerprint density at radius 2 is 2.04 bits per heavy atom. The van der Waals surface area contributed by atoms with Crippen LogP contribution in [-0.4, -0.2) is 71.1 Å². The number of urea groups is 1. The SMILES string of the molecule is Cc1ccc(Cl)cc1NC(=O)C[N+]1=CN=C2C1C(=O)N(C)C(=O)N2C. The molecule has 0 spiro atoms. The molecule has 1 saturated heterocycles. The first-order chi connectivity index (χ1) is 11.8. The van der Waals surface area contributed by atoms with Crippen LogP contribution in [0.2, 0.25) is 5.02 Å². The zero-order valence-corrected chi connectivity index (χ0v) is 14.7. The number of hydrogen-bond donors (Lipinski definition) is 1. The molecular weight excluding hydrogens is 346 g/mol. The molecule has 0 saturated carbocycles. The number of likely N-dealkylation sites (N-methyl/N-ethyl adjacent to an activating group) is 2. The molecule has 0 aromatic heterocycles. The Balaban J connectivity index is 1.74. The number of carbonyl (C=O) groups excluding carboxylic acids is 3. The van der Waals surface area contributed by atoms with Crippen molar-refractivity contribution in [2.45, 2.75) is 13.0 Å². The van der Waals surface area contributed by atoms with Crippen LogP contribution in [0.15, 0.2) is 23.2 Å². The monoisotopic (exact) mass is 362 g/mol. The van der Waals surface area contributed by atoms with Crippen molar-refractivity contribution in [1.29, 1.82) is 0 Å². The number of carbonyl (C=O) groups is 3. The maximum absolute atomic E-state index is 12.4. The Morgan fingerprint density at radius 1 is 1.32 bits per heavy atom. The lowest BCUT2D eigenvalue weighted by Gasteiger charge is -2.30. The van der Waals surface area contributed by atoms with Gasteiger partial charge in [-0.25, -0.2) is 9.37 Å². The fraction of sp³-hybridized carbons (Fsp3) is 0.312. The highest BCUT2D eigenvalue weighted by Crippen LogP contribution is 2.20. The number of hydrogen-bond acceptors (Lipinski definition) is 4. The van der Waals surface area contributed by atoms with Crippen LogP contribution >= 0.6 is 11.6 Å². The van der Waals surface area contributed by atoms with E-state index < -0.39 is 18.0 Å². The number of fused-ring (bicyclic) bond motifs is 1. The maximum atomic E-state index is 12.4. The van der Waals surface area contributed by atoms with E-state index in [-0.39, 0.29) is 12.5 Å². The van der Waals surface area contributed by atoms with Gasteiger partial charge in [0.15, 0.2) is 6.54 Å². The predicted octanol–water partition coefficient (Wildman–Crippen LogP) is 0.932. The summed E-state index contributed by atoms with van der Waals surface area (Å²) in [4.78, 5) is 43.2. The van der Waals surface area contributed by atoms with Gasteiger partial charge in [-0.15, -0.1) is 0 Å². The van der Waals surface area contributed by atoms with Gasteiger partial charge < -0.3 is 5.32 Å². The number of amidine groups is 1. The summed E-state index contributed by atoms with van der Waals surface area (Å²) in [6.07, 6.45) is 1.41. The molecule has 0 radical (unpaired) electrons. The molecule has 2 heterocycles. The number of nitrogens with one attached hydrogen (secondary N) is 1. The van der Waals surface area contributed by atoms with Gasteiger partial charge in [-0.2, -0.15) is 0 Å². The number of aryl methyl sites for hydroxylation is 1. The third kappa shape index (κ3) is 3.00. The van der Waals surface area contributed by atoms with E-state index in [1.165, 1.54) is 22.9 Å². The number of aliphatic imine (C=N–C) groups is 1. The quantitative estimate of drug-likeness (QED) is 0.812. The Bertz CT molecular complexity index is 848. The minimum absolute atomic E-state index is 0.0781. The molecule has 4 amide bonds. The maximum Gasteiger partial charge on any atom is 0.333 e. The van der Waals surface area contributed by atoms with Gasteiger partial charge in [0.2, 0.25) is 0 Å². The van der Waals surface area contributed by atoms with Gasteiger partial charge >= 0.3 is 6.03 Å². The van der Waals surface area contributed by atoms with E-state index in [0.29, 0.717) is 16.5 Å². The average molecular weight is 363 g/mol. The smallest absolute Gasteiger partial charge is 0.322 e. The van der Waals surface area contributed by atoms with Gasteiger partial charge in [0.05, 0.1) is 0 Å². The van der Waals surface area contributed by atoms with Crippen molar-refractivity contribution in [2.75, 3.05) is 26.0 Å². The van der Waals surface area contributed by atoms with E-state index in [4.69, 9.17) is 11.6 Å². The second-order valence-electron chi connectivity index (χ2n) is 5.92. The summed E-state index contributed by atoms with van der Waals surface area (Å²) < 4.78 is 1.51. The number of halogens is 1. The van der Waals surface area contributed by atoms with Crippen LogP contribution in [0.1, 0.15) is 5.56 Å². The molecule has 8 nitrogen and oxygen atoms in total. The van der Waals surface area contributed by atoms with Gasteiger partial charge in [-0.3, -0.25) is 19.4 Å². The first-order valence-electron chi connectivity index (χ1n) is 7.57. The summed E-state index contributed by atoms with van der Waals surface area (Å²) in [6.45, 7) is 1.78. The first-order valence-corrected chi connectivity index (χ1v) is 7.95. The van der Waals surface area contributed by atoms with Crippen LogP contribution in [0.4, 0.5) is 10.5 Å². The third-order valence-corrected chi connectivity index (χ3v) is 4.43. The van der Waals surface area contributed by atoms with E-state index in [2.05, 4.69) is 10.3 Å². The van der Waals surface area contributed by atoms with E-state index in [1.54, 1.807) is 25.2 Å². The van der Waals surface area contributed by atoms with Gasteiger partial charge in [-0.1, -0.05) is 17.7 Å². The number of rotatable bonds is 3. The van der Waals surface area contributed by atoms with Crippen LogP contribution in [0.5, 0.6) is 0 Å². The third-order valence-electron chi connectivity index (χ3n) is 4.20. The molecule has 2 aliphatic heterocycles. The normalized spacial score (nSPS) is 19.6. The molecular formula is C16H17ClN5O3+. The molecule has 0 bridgehead atoms. The van der Waals surface area contributed by atoms with Crippen molar-refractivity contribution in [3.05, 3.63) is 28.8 Å². The minimum atomic E-state index is -0.779. The summed E-state index contributed by atoms with van der Waals surface area (Å²) in [5, 5.41) is 3.30. The summed E-state index contributed by atoms with van der Waals surface area (Å²) in [5.41, 5.74) is 1.48. The van der Waals surface area contributed by atoms with Crippen LogP contribution in [0.3, 0.4) is 0 Å². The van der Waals surface area contributed by atoms with Crippen LogP contribution < -0.4 is 5.32 Å². The van der Waals surface area contributed by atoms with Crippen LogP contribution in [0, 0.1) is 6.92 Å². The lowest BCUT2D eigenvalue weighted by atomic mass is 10.1. The lowest BCUT2D eigenvalue weighted by molar-refractivity contribution is -0.519. The van der Waals surface area contributed by atoms with Crippen LogP contribution in [-0.2, 0) is 9.59 Å². The minimum Gasteiger partial charge on any atom is -0.322 e. The van der Waals surface area contributed by atoms with Gasteiger partial charge in [0.25, 0.3) is 30.0 Å². The summed E-state index contributed by atoms with van der Waals surface area (Å²) in [7, 11) is 2.95. The van der Waals surface area contributed by atoms with E-state index in [9.17, 15) is 14.4 Å². The molecule has 1 unspecified atom stereocenters. The topological polar surface area (TPSA) is 85.1 Å². The Kier molecular flexibility index (Phi) is 4.30. The molecule has 1 aromatic rings. The van der Waals surface area contributed by atoms with Crippen molar-refractivity contribution in [2.24, 2.45) is 4.99 Å². The molecule has 1 atom stereocenters. The highest BCUT2D eigenvalue weighted by atomic mass is 35.5. The average Bonchev–Trinajstić information content (AvgIpc) is 2.98. The predicted molar refractivity (Wildman–Crippen MR) is 93.2 cm³/mol. The van der Waals surface area contributed by atoms with Crippen molar-refractivity contribution in [3.63, 3.8) is 0 Å². The fourth-order valence-electron chi connectivity index (χ4n) is 2.76. The van der Waals surface area contributed by atoms with Gasteiger partial charge in [0.1, 0.15) is 0 Å². The van der Waals surface area contributed by atoms with Crippen molar-refractivity contribution in [3.8, 4) is 0 Å². The number of anilines is 1. The zero-order chi connectivity index (χ0) is 18.3. The van der Waals surface area contributed by atoms with Crippen molar-refractivity contribution < 1.29 is 19.0 Å². The molecule has 25 heavy (non-hydrogen) atoms. The number of nitrogens with zero attached hydrogens (tertiary/aromatic N) is 4. The Hall–Kier alpha value is -2.74. The molecule has 3 rings (SSSR count). The Morgan fingerprint density at radius 3 is 2.76 bits per heavy atom. The molecule has 1 aromatic carbocycles. The van der Waals surface area contributed by atoms with E-state index in [1.807, 2.05) is 6.92 Å². The number of benzene rings is 1. The highest BCUT2D eigenvalue weighted by Gasteiger charge is 2.50. The molecule has 1 N–H and O–H groups in total. The van der Waals surface area contributed by atoms with Gasteiger partial charge in [-0.05, 0) is 29.6 Å². The largest absolute Gasteiger partial charge is 0.333 e. The first kappa shape index (κ1) is 17.1. The molecule has 130 valence electrons. The van der Waals surface area contributed by atoms with E-state index >= 15 is 0 Å². The summed E-state index contributed by atoms with van der Waals surface area (Å²) >= 11 is 5.95.